The number of carbonyl (C=O) groups excluding carboxylic acids is 1. The van der Waals surface area contributed by atoms with Crippen molar-refractivity contribution in [3.63, 3.8) is 0 Å². The van der Waals surface area contributed by atoms with Gasteiger partial charge in [0.2, 0.25) is 0 Å². The molecule has 0 radical (unpaired) electrons. The SMILES string of the molecule is Cc1cc(CC#N)c(N)c(C(=O)c2ccc(Cl)cc2Cl)c1. The van der Waals surface area contributed by atoms with Crippen LogP contribution in [0.2, 0.25) is 10.0 Å². The predicted molar refractivity (Wildman–Crippen MR) is 84.8 cm³/mol. The highest BCUT2D eigenvalue weighted by molar-refractivity contribution is 6.37. The standard InChI is InChI=1S/C16H12Cl2N2O/c1-9-6-10(4-5-19)15(20)13(7-9)16(21)12-3-2-11(17)8-14(12)18/h2-3,6-8H,4,20H2,1H3. The fourth-order valence-electron chi connectivity index (χ4n) is 2.11. The normalized spacial score (nSPS) is 10.2. The van der Waals surface area contributed by atoms with Gasteiger partial charge in [-0.15, -0.1) is 0 Å². The minimum atomic E-state index is -0.281. The second-order valence-electron chi connectivity index (χ2n) is 4.67. The molecule has 0 fully saturated rings. The van der Waals surface area contributed by atoms with Crippen LogP contribution in [0.1, 0.15) is 27.0 Å². The lowest BCUT2D eigenvalue weighted by Crippen LogP contribution is -2.09. The molecule has 0 aliphatic heterocycles. The number of carbonyl (C=O) groups is 1. The van der Waals surface area contributed by atoms with Crippen molar-refractivity contribution >= 4 is 34.7 Å². The molecule has 0 spiro atoms. The highest BCUT2D eigenvalue weighted by Gasteiger charge is 2.18. The van der Waals surface area contributed by atoms with Gasteiger partial charge in [0.15, 0.2) is 5.78 Å². The number of rotatable bonds is 3. The van der Waals surface area contributed by atoms with Crippen LogP contribution in [-0.2, 0) is 6.42 Å². The minimum Gasteiger partial charge on any atom is -0.398 e. The molecular formula is C16H12Cl2N2O. The van der Waals surface area contributed by atoms with Crippen LogP contribution in [0.5, 0.6) is 0 Å². The number of aryl methyl sites for hydroxylation is 1. The van der Waals surface area contributed by atoms with E-state index in [9.17, 15) is 4.79 Å². The van der Waals surface area contributed by atoms with E-state index >= 15 is 0 Å². The Bertz CT molecular complexity index is 764. The van der Waals surface area contributed by atoms with Crippen molar-refractivity contribution in [2.45, 2.75) is 13.3 Å². The monoisotopic (exact) mass is 318 g/mol. The van der Waals surface area contributed by atoms with E-state index in [0.29, 0.717) is 27.4 Å². The van der Waals surface area contributed by atoms with Gasteiger partial charge in [-0.2, -0.15) is 5.26 Å². The summed E-state index contributed by atoms with van der Waals surface area (Å²) in [5, 5.41) is 9.56. The maximum Gasteiger partial charge on any atom is 0.196 e. The highest BCUT2D eigenvalue weighted by atomic mass is 35.5. The molecule has 2 N–H and O–H groups in total. The van der Waals surface area contributed by atoms with Gasteiger partial charge >= 0.3 is 0 Å². The summed E-state index contributed by atoms with van der Waals surface area (Å²) < 4.78 is 0. The maximum atomic E-state index is 12.6. The fraction of sp³-hybridized carbons (Fsp3) is 0.125. The van der Waals surface area contributed by atoms with Gasteiger partial charge in [-0.1, -0.05) is 29.3 Å². The first-order chi connectivity index (χ1) is 9.93. The van der Waals surface area contributed by atoms with E-state index < -0.39 is 0 Å². The number of benzene rings is 2. The molecule has 0 aromatic heterocycles. The topological polar surface area (TPSA) is 66.9 Å². The van der Waals surface area contributed by atoms with Crippen molar-refractivity contribution in [1.29, 1.82) is 5.26 Å². The molecule has 0 aliphatic rings. The fourth-order valence-corrected chi connectivity index (χ4v) is 2.60. The van der Waals surface area contributed by atoms with E-state index in [1.165, 1.54) is 6.07 Å². The second kappa shape index (κ2) is 6.17. The molecular weight excluding hydrogens is 307 g/mol. The average molecular weight is 319 g/mol. The number of nitrogens with two attached hydrogens (primary N) is 1. The molecule has 21 heavy (non-hydrogen) atoms. The lowest BCUT2D eigenvalue weighted by Gasteiger charge is -2.11. The van der Waals surface area contributed by atoms with Crippen LogP contribution in [0.25, 0.3) is 0 Å². The highest BCUT2D eigenvalue weighted by Crippen LogP contribution is 2.28. The molecule has 0 unspecified atom stereocenters. The van der Waals surface area contributed by atoms with Gasteiger partial charge in [-0.05, 0) is 42.3 Å². The minimum absolute atomic E-state index is 0.155. The Hall–Kier alpha value is -2.02. The number of halogens is 2. The zero-order valence-corrected chi connectivity index (χ0v) is 12.8. The van der Waals surface area contributed by atoms with Crippen molar-refractivity contribution in [3.8, 4) is 6.07 Å². The van der Waals surface area contributed by atoms with Crippen molar-refractivity contribution in [2.24, 2.45) is 0 Å². The smallest absolute Gasteiger partial charge is 0.196 e. The Labute approximate surface area is 132 Å². The molecule has 5 heteroatoms. The van der Waals surface area contributed by atoms with Crippen LogP contribution >= 0.6 is 23.2 Å². The summed E-state index contributed by atoms with van der Waals surface area (Å²) in [5.41, 5.74) is 8.53. The third-order valence-electron chi connectivity index (χ3n) is 3.10. The second-order valence-corrected chi connectivity index (χ2v) is 5.52. The van der Waals surface area contributed by atoms with Gasteiger partial charge in [0.25, 0.3) is 0 Å². The predicted octanol–water partition coefficient (Wildman–Crippen LogP) is 4.18. The zero-order valence-electron chi connectivity index (χ0n) is 11.3. The lowest BCUT2D eigenvalue weighted by atomic mass is 9.95. The number of nitriles is 1. The number of hydrogen-bond donors (Lipinski definition) is 1. The van der Waals surface area contributed by atoms with Crippen LogP contribution in [0.15, 0.2) is 30.3 Å². The summed E-state index contributed by atoms with van der Waals surface area (Å²) in [6.45, 7) is 1.85. The number of nitrogens with zero attached hydrogens (tertiary/aromatic N) is 1. The summed E-state index contributed by atoms with van der Waals surface area (Å²) in [6, 6.07) is 10.2. The molecule has 0 saturated carbocycles. The summed E-state index contributed by atoms with van der Waals surface area (Å²) in [6.07, 6.45) is 0.155. The third kappa shape index (κ3) is 3.18. The molecule has 0 aliphatic carbocycles. The Kier molecular flexibility index (Phi) is 4.52. The number of ketones is 1. The number of nitrogen functional groups attached to an aromatic ring is 1. The number of hydrogen-bond acceptors (Lipinski definition) is 3. The van der Waals surface area contributed by atoms with Crippen molar-refractivity contribution < 1.29 is 4.79 Å². The Balaban J connectivity index is 2.56. The van der Waals surface area contributed by atoms with Gasteiger partial charge in [-0.25, -0.2) is 0 Å². The first kappa shape index (κ1) is 15.4. The molecule has 0 amide bonds. The molecule has 0 bridgehead atoms. The third-order valence-corrected chi connectivity index (χ3v) is 3.65. The molecule has 0 heterocycles. The molecule has 0 saturated heterocycles. The molecule has 2 rings (SSSR count). The molecule has 0 atom stereocenters. The van der Waals surface area contributed by atoms with Gasteiger partial charge in [0.05, 0.1) is 17.5 Å². The summed E-state index contributed by atoms with van der Waals surface area (Å²) in [7, 11) is 0. The van der Waals surface area contributed by atoms with Crippen LogP contribution in [0.4, 0.5) is 5.69 Å². The van der Waals surface area contributed by atoms with E-state index in [2.05, 4.69) is 0 Å². The van der Waals surface area contributed by atoms with Gasteiger partial charge in [-0.3, -0.25) is 4.79 Å². The lowest BCUT2D eigenvalue weighted by molar-refractivity contribution is 0.103. The van der Waals surface area contributed by atoms with E-state index in [1.54, 1.807) is 24.3 Å². The summed E-state index contributed by atoms with van der Waals surface area (Å²) in [4.78, 5) is 12.6. The molecule has 3 nitrogen and oxygen atoms in total. The molecule has 2 aromatic rings. The molecule has 2 aromatic carbocycles. The van der Waals surface area contributed by atoms with Gasteiger partial charge < -0.3 is 5.73 Å². The van der Waals surface area contributed by atoms with E-state index in [4.69, 9.17) is 34.2 Å². The summed E-state index contributed by atoms with van der Waals surface area (Å²) >= 11 is 11.9. The van der Waals surface area contributed by atoms with Crippen molar-refractivity contribution in [1.82, 2.24) is 0 Å². The van der Waals surface area contributed by atoms with Gasteiger partial charge in [0, 0.05) is 21.8 Å². The average Bonchev–Trinajstić information content (AvgIpc) is 2.42. The van der Waals surface area contributed by atoms with Gasteiger partial charge in [0.1, 0.15) is 0 Å². The van der Waals surface area contributed by atoms with E-state index in [1.807, 2.05) is 13.0 Å². The van der Waals surface area contributed by atoms with E-state index in [0.717, 1.165) is 5.56 Å². The van der Waals surface area contributed by atoms with E-state index in [-0.39, 0.29) is 17.2 Å². The first-order valence-electron chi connectivity index (χ1n) is 6.19. The van der Waals surface area contributed by atoms with Crippen LogP contribution in [0.3, 0.4) is 0 Å². The Morgan fingerprint density at radius 1 is 1.24 bits per heavy atom. The number of anilines is 1. The van der Waals surface area contributed by atoms with Crippen LogP contribution in [0, 0.1) is 18.3 Å². The largest absolute Gasteiger partial charge is 0.398 e. The Morgan fingerprint density at radius 2 is 1.95 bits per heavy atom. The van der Waals surface area contributed by atoms with Crippen molar-refractivity contribution in [2.75, 3.05) is 5.73 Å². The summed E-state index contributed by atoms with van der Waals surface area (Å²) in [5.74, 6) is -0.281. The molecule has 106 valence electrons. The van der Waals surface area contributed by atoms with Crippen LogP contribution < -0.4 is 5.73 Å². The van der Waals surface area contributed by atoms with Crippen molar-refractivity contribution in [3.05, 3.63) is 62.6 Å². The quantitative estimate of drug-likeness (QED) is 0.681. The maximum absolute atomic E-state index is 12.6. The first-order valence-corrected chi connectivity index (χ1v) is 6.95. The van der Waals surface area contributed by atoms with Crippen LogP contribution in [-0.4, -0.2) is 5.78 Å². The Morgan fingerprint density at radius 3 is 2.57 bits per heavy atom. The zero-order chi connectivity index (χ0) is 15.6.